The average molecular weight is 285 g/mol. The van der Waals surface area contributed by atoms with Crippen molar-refractivity contribution in [2.24, 2.45) is 5.84 Å². The summed E-state index contributed by atoms with van der Waals surface area (Å²) >= 11 is 7.40. The lowest BCUT2D eigenvalue weighted by atomic mass is 10.0. The van der Waals surface area contributed by atoms with Gasteiger partial charge in [0.05, 0.1) is 5.02 Å². The van der Waals surface area contributed by atoms with Gasteiger partial charge < -0.3 is 0 Å². The van der Waals surface area contributed by atoms with Crippen molar-refractivity contribution in [3.63, 3.8) is 0 Å². The maximum absolute atomic E-state index is 13.8. The number of thiophene rings is 1. The first-order valence-corrected chi connectivity index (χ1v) is 6.93. The monoisotopic (exact) mass is 284 g/mol. The Morgan fingerprint density at radius 2 is 2.17 bits per heavy atom. The van der Waals surface area contributed by atoms with Gasteiger partial charge in [0, 0.05) is 6.04 Å². The van der Waals surface area contributed by atoms with Gasteiger partial charge in [0.25, 0.3) is 0 Å². The fraction of sp³-hybridized carbons (Fsp3) is 0.231. The SMILES string of the molecule is NNC(Cc1ccsc1)Cc1cccc(Cl)c1F. The summed E-state index contributed by atoms with van der Waals surface area (Å²) < 4.78 is 13.8. The van der Waals surface area contributed by atoms with Crippen LogP contribution in [0.3, 0.4) is 0 Å². The van der Waals surface area contributed by atoms with E-state index in [9.17, 15) is 4.39 Å². The number of nitrogens with two attached hydrogens (primary N) is 1. The van der Waals surface area contributed by atoms with E-state index in [1.54, 1.807) is 29.5 Å². The van der Waals surface area contributed by atoms with Gasteiger partial charge in [0.15, 0.2) is 0 Å². The zero-order valence-electron chi connectivity index (χ0n) is 9.70. The van der Waals surface area contributed by atoms with E-state index in [1.165, 1.54) is 5.56 Å². The van der Waals surface area contributed by atoms with Crippen LogP contribution < -0.4 is 11.3 Å². The maximum Gasteiger partial charge on any atom is 0.145 e. The van der Waals surface area contributed by atoms with E-state index in [1.807, 2.05) is 11.4 Å². The van der Waals surface area contributed by atoms with E-state index in [0.717, 1.165) is 6.42 Å². The summed E-state index contributed by atoms with van der Waals surface area (Å²) in [5.74, 6) is 5.17. The Hall–Kier alpha value is -0.940. The summed E-state index contributed by atoms with van der Waals surface area (Å²) in [6.45, 7) is 0. The highest BCUT2D eigenvalue weighted by molar-refractivity contribution is 7.07. The van der Waals surface area contributed by atoms with E-state index < -0.39 is 0 Å². The molecule has 0 saturated carbocycles. The number of hydrazine groups is 1. The van der Waals surface area contributed by atoms with Crippen molar-refractivity contribution in [1.82, 2.24) is 5.43 Å². The number of rotatable bonds is 5. The van der Waals surface area contributed by atoms with Crippen LogP contribution in [-0.4, -0.2) is 6.04 Å². The Balaban J connectivity index is 2.08. The summed E-state index contributed by atoms with van der Waals surface area (Å²) in [5, 5.41) is 4.24. The molecule has 0 fully saturated rings. The minimum atomic E-state index is -0.357. The van der Waals surface area contributed by atoms with Crippen LogP contribution >= 0.6 is 22.9 Å². The number of halogens is 2. The highest BCUT2D eigenvalue weighted by Crippen LogP contribution is 2.20. The van der Waals surface area contributed by atoms with Gasteiger partial charge in [-0.1, -0.05) is 23.7 Å². The second-order valence-corrected chi connectivity index (χ2v) is 5.30. The molecular weight excluding hydrogens is 271 g/mol. The van der Waals surface area contributed by atoms with Gasteiger partial charge in [-0.05, 0) is 46.9 Å². The van der Waals surface area contributed by atoms with Gasteiger partial charge in [0.1, 0.15) is 5.82 Å². The molecule has 1 aromatic carbocycles. The molecule has 0 saturated heterocycles. The summed E-state index contributed by atoms with van der Waals surface area (Å²) in [6.07, 6.45) is 1.28. The van der Waals surface area contributed by atoms with Gasteiger partial charge >= 0.3 is 0 Å². The van der Waals surface area contributed by atoms with Gasteiger partial charge in [0.2, 0.25) is 0 Å². The lowest BCUT2D eigenvalue weighted by molar-refractivity contribution is 0.507. The van der Waals surface area contributed by atoms with E-state index >= 15 is 0 Å². The molecule has 0 bridgehead atoms. The molecule has 0 amide bonds. The number of benzene rings is 1. The molecule has 96 valence electrons. The molecule has 0 aliphatic heterocycles. The van der Waals surface area contributed by atoms with Crippen molar-refractivity contribution in [3.05, 3.63) is 57.0 Å². The number of hydrogen-bond donors (Lipinski definition) is 2. The van der Waals surface area contributed by atoms with Crippen LogP contribution in [0.25, 0.3) is 0 Å². The molecule has 18 heavy (non-hydrogen) atoms. The third-order valence-electron chi connectivity index (χ3n) is 2.80. The molecule has 0 spiro atoms. The van der Waals surface area contributed by atoms with Crippen LogP contribution in [0, 0.1) is 5.82 Å². The summed E-state index contributed by atoms with van der Waals surface area (Å²) in [5.41, 5.74) is 4.51. The van der Waals surface area contributed by atoms with Crippen LogP contribution in [0.15, 0.2) is 35.0 Å². The largest absolute Gasteiger partial charge is 0.271 e. The van der Waals surface area contributed by atoms with Crippen molar-refractivity contribution < 1.29 is 4.39 Å². The topological polar surface area (TPSA) is 38.0 Å². The lowest BCUT2D eigenvalue weighted by Crippen LogP contribution is -2.38. The standard InChI is InChI=1S/C13H14ClFN2S/c14-12-3-1-2-10(13(12)15)7-11(17-16)6-9-4-5-18-8-9/h1-5,8,11,17H,6-7,16H2. The molecule has 1 aromatic heterocycles. The molecule has 1 heterocycles. The molecule has 0 radical (unpaired) electrons. The average Bonchev–Trinajstić information content (AvgIpc) is 2.86. The number of nitrogens with one attached hydrogen (secondary N) is 1. The summed E-state index contributed by atoms with van der Waals surface area (Å²) in [4.78, 5) is 0. The molecule has 1 atom stereocenters. The fourth-order valence-corrected chi connectivity index (χ4v) is 2.73. The van der Waals surface area contributed by atoms with Gasteiger partial charge in [-0.15, -0.1) is 0 Å². The predicted molar refractivity (Wildman–Crippen MR) is 74.2 cm³/mol. The van der Waals surface area contributed by atoms with Crippen LogP contribution in [0.1, 0.15) is 11.1 Å². The normalized spacial score (nSPS) is 12.6. The first kappa shape index (κ1) is 13.5. The van der Waals surface area contributed by atoms with E-state index in [4.69, 9.17) is 17.4 Å². The number of hydrogen-bond acceptors (Lipinski definition) is 3. The Bertz CT molecular complexity index is 502. The summed E-state index contributed by atoms with van der Waals surface area (Å²) in [7, 11) is 0. The molecule has 5 heteroatoms. The van der Waals surface area contributed by atoms with Crippen molar-refractivity contribution in [1.29, 1.82) is 0 Å². The Morgan fingerprint density at radius 1 is 1.33 bits per heavy atom. The zero-order chi connectivity index (χ0) is 13.0. The molecule has 2 nitrogen and oxygen atoms in total. The highest BCUT2D eigenvalue weighted by atomic mass is 35.5. The predicted octanol–water partition coefficient (Wildman–Crippen LogP) is 3.16. The minimum absolute atomic E-state index is 0.00688. The van der Waals surface area contributed by atoms with Crippen LogP contribution in [0.5, 0.6) is 0 Å². The second kappa shape index (κ2) is 6.29. The lowest BCUT2D eigenvalue weighted by Gasteiger charge is -2.16. The molecule has 2 aromatic rings. The summed E-state index contributed by atoms with van der Waals surface area (Å²) in [6, 6.07) is 7.07. The fourth-order valence-electron chi connectivity index (χ4n) is 1.85. The first-order chi connectivity index (χ1) is 8.70. The van der Waals surface area contributed by atoms with Gasteiger partial charge in [-0.2, -0.15) is 11.3 Å². The van der Waals surface area contributed by atoms with E-state index in [0.29, 0.717) is 12.0 Å². The van der Waals surface area contributed by atoms with Gasteiger partial charge in [-0.25, -0.2) is 4.39 Å². The smallest absolute Gasteiger partial charge is 0.145 e. The second-order valence-electron chi connectivity index (χ2n) is 4.12. The molecule has 0 aliphatic carbocycles. The molecule has 3 N–H and O–H groups in total. The van der Waals surface area contributed by atoms with Crippen LogP contribution in [-0.2, 0) is 12.8 Å². The van der Waals surface area contributed by atoms with Crippen molar-refractivity contribution in [3.8, 4) is 0 Å². The molecule has 2 rings (SSSR count). The Kier molecular flexibility index (Phi) is 4.72. The Morgan fingerprint density at radius 3 is 2.83 bits per heavy atom. The van der Waals surface area contributed by atoms with Crippen molar-refractivity contribution in [2.45, 2.75) is 18.9 Å². The minimum Gasteiger partial charge on any atom is -0.271 e. The molecule has 0 aliphatic rings. The van der Waals surface area contributed by atoms with E-state index in [2.05, 4.69) is 10.8 Å². The third kappa shape index (κ3) is 3.29. The van der Waals surface area contributed by atoms with Crippen LogP contribution in [0.2, 0.25) is 5.02 Å². The van der Waals surface area contributed by atoms with Gasteiger partial charge in [-0.3, -0.25) is 11.3 Å². The quantitative estimate of drug-likeness (QED) is 0.654. The van der Waals surface area contributed by atoms with Crippen LogP contribution in [0.4, 0.5) is 4.39 Å². The molecular formula is C13H14ClFN2S. The van der Waals surface area contributed by atoms with Crippen molar-refractivity contribution in [2.75, 3.05) is 0 Å². The van der Waals surface area contributed by atoms with Crippen molar-refractivity contribution >= 4 is 22.9 Å². The first-order valence-electron chi connectivity index (χ1n) is 5.61. The molecule has 1 unspecified atom stereocenters. The third-order valence-corrected chi connectivity index (χ3v) is 3.82. The zero-order valence-corrected chi connectivity index (χ0v) is 11.3. The Labute approximate surface area is 115 Å². The highest BCUT2D eigenvalue weighted by Gasteiger charge is 2.13. The maximum atomic E-state index is 13.8. The van der Waals surface area contributed by atoms with E-state index in [-0.39, 0.29) is 16.9 Å².